The molecule has 6 rings (SSSR count). The third-order valence-corrected chi connectivity index (χ3v) is 7.18. The van der Waals surface area contributed by atoms with Crippen LogP contribution in [-0.2, 0) is 17.8 Å². The Morgan fingerprint density at radius 3 is 2.45 bits per heavy atom. The molecule has 0 bridgehead atoms. The summed E-state index contributed by atoms with van der Waals surface area (Å²) in [4.78, 5) is 38.9. The minimum Gasteiger partial charge on any atom is -0.375 e. The van der Waals surface area contributed by atoms with Crippen LogP contribution in [0.4, 0.5) is 10.1 Å². The Balaban J connectivity index is 1.33. The molecule has 1 atom stereocenters. The molecule has 1 unspecified atom stereocenters. The number of nitrogens with one attached hydrogen (secondary N) is 2. The number of primary amides is 1. The zero-order chi connectivity index (χ0) is 29.1. The Kier molecular flexibility index (Phi) is 7.30. The number of amides is 1. The molecule has 42 heavy (non-hydrogen) atoms. The van der Waals surface area contributed by atoms with E-state index in [1.165, 1.54) is 16.8 Å². The van der Waals surface area contributed by atoms with E-state index < -0.39 is 17.5 Å². The number of nitrogens with zero attached hydrogens (tertiary/aromatic N) is 3. The molecule has 6 aromatic rings. The quantitative estimate of drug-likeness (QED) is 0.217. The van der Waals surface area contributed by atoms with Gasteiger partial charge in [0.15, 0.2) is 0 Å². The monoisotopic (exact) mass is 558 g/mol. The van der Waals surface area contributed by atoms with Gasteiger partial charge in [0.05, 0.1) is 6.20 Å². The number of aromatic nitrogens is 4. The number of pyridine rings is 1. The minimum atomic E-state index is -1.01. The first-order valence-electron chi connectivity index (χ1n) is 13.4. The molecule has 0 aliphatic heterocycles. The van der Waals surface area contributed by atoms with Crippen LogP contribution >= 0.6 is 0 Å². The number of anilines is 1. The number of aromatic amines is 1. The first-order valence-corrected chi connectivity index (χ1v) is 13.4. The maximum Gasteiger partial charge on any atom is 0.277 e. The van der Waals surface area contributed by atoms with Crippen molar-refractivity contribution < 1.29 is 9.18 Å². The Morgan fingerprint density at radius 2 is 1.71 bits per heavy atom. The summed E-state index contributed by atoms with van der Waals surface area (Å²) in [5, 5.41) is 4.05. The molecule has 0 fully saturated rings. The average Bonchev–Trinajstić information content (AvgIpc) is 3.43. The van der Waals surface area contributed by atoms with E-state index >= 15 is 0 Å². The molecule has 3 aromatic heterocycles. The fourth-order valence-electron chi connectivity index (χ4n) is 5.04. The Morgan fingerprint density at radius 1 is 0.952 bits per heavy atom. The molecule has 0 aliphatic rings. The summed E-state index contributed by atoms with van der Waals surface area (Å²) in [5.41, 5.74) is 10.2. The van der Waals surface area contributed by atoms with Crippen LogP contribution in [0.15, 0.2) is 114 Å². The predicted molar refractivity (Wildman–Crippen MR) is 161 cm³/mol. The smallest absolute Gasteiger partial charge is 0.277 e. The Hall–Kier alpha value is -5.57. The lowest BCUT2D eigenvalue weighted by Crippen LogP contribution is -2.37. The van der Waals surface area contributed by atoms with Crippen molar-refractivity contribution in [2.24, 2.45) is 5.73 Å². The van der Waals surface area contributed by atoms with Crippen molar-refractivity contribution in [3.05, 3.63) is 137 Å². The van der Waals surface area contributed by atoms with E-state index in [2.05, 4.69) is 20.3 Å². The van der Waals surface area contributed by atoms with Crippen molar-refractivity contribution >= 4 is 22.5 Å². The van der Waals surface area contributed by atoms with Crippen molar-refractivity contribution in [2.45, 2.75) is 19.0 Å². The van der Waals surface area contributed by atoms with Crippen molar-refractivity contribution in [3.63, 3.8) is 0 Å². The fourth-order valence-corrected chi connectivity index (χ4v) is 5.04. The van der Waals surface area contributed by atoms with Gasteiger partial charge in [-0.25, -0.2) is 9.37 Å². The van der Waals surface area contributed by atoms with E-state index in [4.69, 9.17) is 5.73 Å². The summed E-state index contributed by atoms with van der Waals surface area (Å²) in [7, 11) is 0. The molecule has 3 aromatic carbocycles. The van der Waals surface area contributed by atoms with Gasteiger partial charge in [0.25, 0.3) is 5.56 Å². The van der Waals surface area contributed by atoms with Crippen LogP contribution in [0, 0.1) is 5.82 Å². The van der Waals surface area contributed by atoms with Gasteiger partial charge >= 0.3 is 0 Å². The second-order valence-corrected chi connectivity index (χ2v) is 9.95. The molecular formula is C33H27FN6O2. The van der Waals surface area contributed by atoms with Crippen LogP contribution < -0.4 is 16.6 Å². The summed E-state index contributed by atoms with van der Waals surface area (Å²) >= 11 is 0. The van der Waals surface area contributed by atoms with E-state index in [1.54, 1.807) is 30.6 Å². The van der Waals surface area contributed by atoms with Crippen molar-refractivity contribution in [1.29, 1.82) is 0 Å². The van der Waals surface area contributed by atoms with Crippen molar-refractivity contribution in [2.75, 3.05) is 5.32 Å². The van der Waals surface area contributed by atoms with Crippen LogP contribution in [-0.4, -0.2) is 25.4 Å². The van der Waals surface area contributed by atoms with Gasteiger partial charge in [-0.1, -0.05) is 72.8 Å². The van der Waals surface area contributed by atoms with Gasteiger partial charge in [-0.05, 0) is 29.3 Å². The van der Waals surface area contributed by atoms with Crippen molar-refractivity contribution in [1.82, 2.24) is 19.5 Å². The lowest BCUT2D eigenvalue weighted by molar-refractivity contribution is -0.121. The second kappa shape index (κ2) is 11.5. The summed E-state index contributed by atoms with van der Waals surface area (Å²) < 4.78 is 15.6. The molecule has 0 radical (unpaired) electrons. The van der Waals surface area contributed by atoms with E-state index in [0.29, 0.717) is 23.5 Å². The van der Waals surface area contributed by atoms with Crippen molar-refractivity contribution in [3.8, 4) is 22.5 Å². The first-order chi connectivity index (χ1) is 20.5. The fraction of sp³-hybridized carbons (Fsp3) is 0.0909. The molecule has 0 saturated carbocycles. The van der Waals surface area contributed by atoms with Crippen LogP contribution in [0.1, 0.15) is 17.3 Å². The van der Waals surface area contributed by atoms with Crippen LogP contribution in [0.25, 0.3) is 33.4 Å². The molecule has 1 amide bonds. The van der Waals surface area contributed by atoms with E-state index in [-0.39, 0.29) is 17.9 Å². The zero-order valence-corrected chi connectivity index (χ0v) is 22.5. The highest BCUT2D eigenvalue weighted by Crippen LogP contribution is 2.25. The number of benzene rings is 3. The van der Waals surface area contributed by atoms with Gasteiger partial charge in [-0.15, -0.1) is 0 Å². The average molecular weight is 559 g/mol. The Bertz CT molecular complexity index is 1900. The standard InChI is InChI=1S/C33H27FN6O2/c34-27-9-5-4-8-26(27)22-12-10-21(11-13-22)18-37-29-20-38-32(23-6-2-1-3-7-23)40(33(29)42)30(31(35)41)17-25-16-24-19-36-15-14-28(24)39-25/h1-16,19-20,30,37,39H,17-18H2,(H2,35,41). The number of H-pyrrole nitrogens is 1. The van der Waals surface area contributed by atoms with Gasteiger partial charge in [-0.2, -0.15) is 0 Å². The number of hydrogen-bond acceptors (Lipinski definition) is 5. The molecule has 9 heteroatoms. The number of fused-ring (bicyclic) bond motifs is 1. The number of rotatable bonds is 9. The predicted octanol–water partition coefficient (Wildman–Crippen LogP) is 5.47. The van der Waals surface area contributed by atoms with Gasteiger partial charge < -0.3 is 16.0 Å². The van der Waals surface area contributed by atoms with Crippen LogP contribution in [0.3, 0.4) is 0 Å². The highest BCUT2D eigenvalue weighted by molar-refractivity contribution is 5.82. The second-order valence-electron chi connectivity index (χ2n) is 9.95. The first kappa shape index (κ1) is 26.6. The molecule has 0 saturated heterocycles. The topological polar surface area (TPSA) is 119 Å². The lowest BCUT2D eigenvalue weighted by atomic mass is 10.0. The number of halogens is 1. The highest BCUT2D eigenvalue weighted by Gasteiger charge is 2.26. The minimum absolute atomic E-state index is 0.159. The summed E-state index contributed by atoms with van der Waals surface area (Å²) in [6, 6.07) is 25.9. The lowest BCUT2D eigenvalue weighted by Gasteiger charge is -2.21. The summed E-state index contributed by atoms with van der Waals surface area (Å²) in [5.74, 6) is -0.614. The molecule has 0 spiro atoms. The van der Waals surface area contributed by atoms with E-state index in [1.807, 2.05) is 66.7 Å². The van der Waals surface area contributed by atoms with E-state index in [9.17, 15) is 14.0 Å². The maximum atomic E-state index is 14.2. The zero-order valence-electron chi connectivity index (χ0n) is 22.5. The van der Waals surface area contributed by atoms with Gasteiger partial charge in [-0.3, -0.25) is 19.1 Å². The molecule has 3 heterocycles. The Labute approximate surface area is 240 Å². The molecule has 0 aliphatic carbocycles. The normalized spacial score (nSPS) is 11.8. The van der Waals surface area contributed by atoms with Crippen LogP contribution in [0.5, 0.6) is 0 Å². The largest absolute Gasteiger partial charge is 0.375 e. The van der Waals surface area contributed by atoms with Crippen LogP contribution in [0.2, 0.25) is 0 Å². The highest BCUT2D eigenvalue weighted by atomic mass is 19.1. The summed E-state index contributed by atoms with van der Waals surface area (Å²) in [6.07, 6.45) is 5.04. The van der Waals surface area contributed by atoms with E-state index in [0.717, 1.165) is 27.7 Å². The van der Waals surface area contributed by atoms with Gasteiger partial charge in [0.2, 0.25) is 5.91 Å². The maximum absolute atomic E-state index is 14.2. The van der Waals surface area contributed by atoms with Gasteiger partial charge in [0.1, 0.15) is 23.4 Å². The summed E-state index contributed by atoms with van der Waals surface area (Å²) in [6.45, 7) is 0.315. The number of carbonyl (C=O) groups is 1. The molecule has 8 nitrogen and oxygen atoms in total. The number of carbonyl (C=O) groups excluding carboxylic acids is 1. The third-order valence-electron chi connectivity index (χ3n) is 7.18. The number of hydrogen-bond donors (Lipinski definition) is 3. The molecule has 208 valence electrons. The van der Waals surface area contributed by atoms with Gasteiger partial charge in [0, 0.05) is 53.1 Å². The third kappa shape index (κ3) is 5.40. The molecular weight excluding hydrogens is 531 g/mol. The molecule has 4 N–H and O–H groups in total. The SMILES string of the molecule is NC(=O)C(Cc1cc2cnccc2[nH]1)n1c(-c2ccccc2)ncc(NCc2ccc(-c3ccccc3F)cc2)c1=O. The number of nitrogens with two attached hydrogens (primary N) is 1.